The van der Waals surface area contributed by atoms with Gasteiger partial charge in [0, 0.05) is 46.5 Å². The first kappa shape index (κ1) is 34.4. The SMILES string of the molecule is Cc1[nH]nc2cccc(-c3ccc(C#CC(C)(C)O)nc3[C@@H](CC(=O)Cn3nc(C(F)(F)F)c4c3C(F)(F)[C@@H]3C[C@H]43)Cc3cc(F)cc(F)c3)c12. The molecule has 14 heteroatoms. The van der Waals surface area contributed by atoms with E-state index in [9.17, 15) is 31.9 Å². The Labute approximate surface area is 286 Å². The lowest BCUT2D eigenvalue weighted by Gasteiger charge is -2.21. The van der Waals surface area contributed by atoms with Gasteiger partial charge >= 0.3 is 6.18 Å². The quantitative estimate of drug-likeness (QED) is 0.127. The minimum absolute atomic E-state index is 0.0982. The Morgan fingerprint density at radius 2 is 1.82 bits per heavy atom. The molecular weight excluding hydrogens is 679 g/mol. The van der Waals surface area contributed by atoms with Crippen LogP contribution in [0.25, 0.3) is 22.0 Å². The summed E-state index contributed by atoms with van der Waals surface area (Å²) in [6.07, 6.45) is -5.76. The third-order valence-electron chi connectivity index (χ3n) is 9.26. The van der Waals surface area contributed by atoms with Crippen molar-refractivity contribution in [2.24, 2.45) is 5.92 Å². The van der Waals surface area contributed by atoms with Crippen molar-refractivity contribution in [3.63, 3.8) is 0 Å². The molecule has 0 amide bonds. The maximum absolute atomic E-state index is 15.3. The molecule has 0 unspecified atom stereocenters. The molecule has 2 aliphatic carbocycles. The summed E-state index contributed by atoms with van der Waals surface area (Å²) in [5.74, 6) is -3.88. The lowest BCUT2D eigenvalue weighted by molar-refractivity contribution is -0.142. The zero-order valence-electron chi connectivity index (χ0n) is 27.5. The van der Waals surface area contributed by atoms with Crippen molar-refractivity contribution in [2.75, 3.05) is 0 Å². The van der Waals surface area contributed by atoms with Gasteiger partial charge in [0.1, 0.15) is 35.2 Å². The number of fused-ring (bicyclic) bond motifs is 4. The molecule has 2 aromatic carbocycles. The fourth-order valence-corrected chi connectivity index (χ4v) is 7.13. The molecule has 0 saturated heterocycles. The van der Waals surface area contributed by atoms with E-state index in [1.807, 2.05) is 6.92 Å². The highest BCUT2D eigenvalue weighted by atomic mass is 19.4. The number of hydrogen-bond donors (Lipinski definition) is 2. The number of H-pyrrole nitrogens is 1. The van der Waals surface area contributed by atoms with Crippen LogP contribution in [0.4, 0.5) is 30.7 Å². The Kier molecular flexibility index (Phi) is 8.13. The molecule has 7 nitrogen and oxygen atoms in total. The molecule has 2 aliphatic rings. The lowest BCUT2D eigenvalue weighted by atomic mass is 9.85. The number of rotatable bonds is 8. The largest absolute Gasteiger partial charge is 0.435 e. The minimum Gasteiger partial charge on any atom is -0.378 e. The summed E-state index contributed by atoms with van der Waals surface area (Å²) in [5.41, 5.74) is -1.23. The summed E-state index contributed by atoms with van der Waals surface area (Å²) in [5, 5.41) is 21.7. The van der Waals surface area contributed by atoms with Gasteiger partial charge in [-0.15, -0.1) is 0 Å². The summed E-state index contributed by atoms with van der Waals surface area (Å²) in [7, 11) is 0. The number of aliphatic hydroxyl groups is 1. The van der Waals surface area contributed by atoms with Crippen molar-refractivity contribution in [2.45, 2.75) is 76.1 Å². The van der Waals surface area contributed by atoms with Gasteiger partial charge in [0.2, 0.25) is 0 Å². The number of carbonyl (C=O) groups excluding carboxylic acids is 1. The van der Waals surface area contributed by atoms with E-state index in [1.54, 1.807) is 30.3 Å². The highest BCUT2D eigenvalue weighted by Crippen LogP contribution is 2.68. The highest BCUT2D eigenvalue weighted by Gasteiger charge is 2.68. The summed E-state index contributed by atoms with van der Waals surface area (Å²) in [6, 6.07) is 11.5. The van der Waals surface area contributed by atoms with Crippen LogP contribution in [0.15, 0.2) is 48.5 Å². The predicted octanol–water partition coefficient (Wildman–Crippen LogP) is 7.74. The lowest BCUT2D eigenvalue weighted by Crippen LogP contribution is -2.24. The number of aryl methyl sites for hydroxylation is 1. The van der Waals surface area contributed by atoms with Crippen molar-refractivity contribution in [1.82, 2.24) is 25.0 Å². The van der Waals surface area contributed by atoms with Crippen molar-refractivity contribution < 1.29 is 40.6 Å². The molecule has 3 atom stereocenters. The van der Waals surface area contributed by atoms with Crippen molar-refractivity contribution in [3.05, 3.63) is 99.8 Å². The molecule has 3 aromatic heterocycles. The van der Waals surface area contributed by atoms with Crippen LogP contribution in [0.5, 0.6) is 0 Å². The van der Waals surface area contributed by atoms with E-state index >= 15 is 8.78 Å². The average molecular weight is 710 g/mol. The van der Waals surface area contributed by atoms with Gasteiger partial charge in [-0.25, -0.2) is 13.8 Å². The average Bonchev–Trinajstić information content (AvgIpc) is 3.53. The predicted molar refractivity (Wildman–Crippen MR) is 172 cm³/mol. The molecule has 5 aromatic rings. The van der Waals surface area contributed by atoms with Gasteiger partial charge in [0.05, 0.1) is 11.2 Å². The summed E-state index contributed by atoms with van der Waals surface area (Å²) in [6.45, 7) is 3.86. The van der Waals surface area contributed by atoms with Crippen molar-refractivity contribution >= 4 is 16.7 Å². The van der Waals surface area contributed by atoms with E-state index < -0.39 is 82.8 Å². The molecule has 2 N–H and O–H groups in total. The second-order valence-corrected chi connectivity index (χ2v) is 13.7. The first-order chi connectivity index (χ1) is 23.9. The molecule has 264 valence electrons. The smallest absolute Gasteiger partial charge is 0.378 e. The van der Waals surface area contributed by atoms with Crippen LogP contribution in [-0.2, 0) is 29.9 Å². The Morgan fingerprint density at radius 1 is 1.10 bits per heavy atom. The highest BCUT2D eigenvalue weighted by molar-refractivity contribution is 5.97. The Bertz CT molecular complexity index is 2250. The van der Waals surface area contributed by atoms with Crippen LogP contribution in [0, 0.1) is 36.3 Å². The number of alkyl halides is 5. The minimum atomic E-state index is -5.01. The monoisotopic (exact) mass is 709 g/mol. The first-order valence-corrected chi connectivity index (χ1v) is 16.1. The Morgan fingerprint density at radius 3 is 2.51 bits per heavy atom. The van der Waals surface area contributed by atoms with Gasteiger partial charge in [-0.05, 0) is 86.9 Å². The third-order valence-corrected chi connectivity index (χ3v) is 9.26. The molecule has 0 bridgehead atoms. The fourth-order valence-electron chi connectivity index (χ4n) is 7.13. The van der Waals surface area contributed by atoms with E-state index in [1.165, 1.54) is 13.8 Å². The van der Waals surface area contributed by atoms with Gasteiger partial charge in [-0.3, -0.25) is 14.6 Å². The summed E-state index contributed by atoms with van der Waals surface area (Å²) in [4.78, 5) is 18.6. The number of nitrogens with one attached hydrogen (secondary N) is 1. The fraction of sp³-hybridized carbons (Fsp3) is 0.351. The van der Waals surface area contributed by atoms with Gasteiger partial charge in [0.15, 0.2) is 11.5 Å². The zero-order valence-corrected chi connectivity index (χ0v) is 27.5. The van der Waals surface area contributed by atoms with E-state index in [2.05, 4.69) is 27.1 Å². The standard InChI is InChI=1S/C37H30F7N5O2/c1-18-30-25(5-4-6-29(30)47-46-18)26-8-7-23(9-10-35(2,3)51)45-32(26)20(11-19-12-21(38)15-22(39)13-19)14-24(50)17-49-34-31(33(48-49)37(42,43)44)27-16-28(27)36(34,40)41/h4-8,12-13,15,20,27-28,51H,11,14,16-17H2,1-3H3,(H,46,47)/t20-,27+,28-/m1/s1. The third kappa shape index (κ3) is 6.51. The number of nitrogens with zero attached hydrogens (tertiary/aromatic N) is 4. The molecule has 0 aliphatic heterocycles. The molecule has 1 fully saturated rings. The summed E-state index contributed by atoms with van der Waals surface area (Å²) < 4.78 is 102. The van der Waals surface area contributed by atoms with Crippen LogP contribution >= 0.6 is 0 Å². The second-order valence-electron chi connectivity index (χ2n) is 13.7. The number of hydrogen-bond acceptors (Lipinski definition) is 5. The Balaban J connectivity index is 1.35. The molecule has 0 radical (unpaired) electrons. The number of benzene rings is 2. The topological polar surface area (TPSA) is 96.7 Å². The van der Waals surface area contributed by atoms with Crippen LogP contribution in [0.2, 0.25) is 0 Å². The normalized spacial score (nSPS) is 18.3. The van der Waals surface area contributed by atoms with Gasteiger partial charge in [0.25, 0.3) is 5.92 Å². The molecular formula is C37H30F7N5O2. The van der Waals surface area contributed by atoms with Gasteiger partial charge < -0.3 is 5.11 Å². The number of aromatic amines is 1. The Hall–Kier alpha value is -5.03. The van der Waals surface area contributed by atoms with Crippen molar-refractivity contribution in [3.8, 4) is 23.0 Å². The van der Waals surface area contributed by atoms with Gasteiger partial charge in [-0.1, -0.05) is 18.1 Å². The van der Waals surface area contributed by atoms with Crippen LogP contribution in [-0.4, -0.2) is 41.5 Å². The number of pyridine rings is 1. The second kappa shape index (κ2) is 12.0. The number of halogens is 7. The number of carbonyl (C=O) groups is 1. The number of aromatic nitrogens is 5. The first-order valence-electron chi connectivity index (χ1n) is 16.1. The number of ketones is 1. The maximum Gasteiger partial charge on any atom is 0.435 e. The number of Topliss-reactive ketones (excluding diaryl/α,β-unsaturated/α-hetero) is 1. The van der Waals surface area contributed by atoms with Crippen molar-refractivity contribution in [1.29, 1.82) is 0 Å². The summed E-state index contributed by atoms with van der Waals surface area (Å²) >= 11 is 0. The van der Waals surface area contributed by atoms with Crippen LogP contribution in [0.1, 0.15) is 78.1 Å². The molecule has 51 heavy (non-hydrogen) atoms. The van der Waals surface area contributed by atoms with Crippen LogP contribution in [0.3, 0.4) is 0 Å². The molecule has 7 rings (SSSR count). The van der Waals surface area contributed by atoms with E-state index in [4.69, 9.17) is 4.98 Å². The van der Waals surface area contributed by atoms with E-state index in [0.717, 1.165) is 17.5 Å². The van der Waals surface area contributed by atoms with E-state index in [-0.39, 0.29) is 29.8 Å². The maximum atomic E-state index is 15.3. The van der Waals surface area contributed by atoms with Gasteiger partial charge in [-0.2, -0.15) is 32.1 Å². The van der Waals surface area contributed by atoms with E-state index in [0.29, 0.717) is 33.1 Å². The zero-order chi connectivity index (χ0) is 36.6. The molecule has 3 heterocycles. The molecule has 0 spiro atoms. The van der Waals surface area contributed by atoms with Crippen LogP contribution < -0.4 is 0 Å². The molecule has 1 saturated carbocycles.